The molecule has 0 radical (unpaired) electrons. The number of nitro groups is 1. The Morgan fingerprint density at radius 3 is 2.57 bits per heavy atom. The predicted octanol–water partition coefficient (Wildman–Crippen LogP) is 1.96. The fourth-order valence-electron chi connectivity index (χ4n) is 2.20. The van der Waals surface area contributed by atoms with Crippen molar-refractivity contribution in [2.45, 2.75) is 25.5 Å². The van der Waals surface area contributed by atoms with Gasteiger partial charge in [-0.3, -0.25) is 10.1 Å². The van der Waals surface area contributed by atoms with Crippen LogP contribution in [0.2, 0.25) is 0 Å². The minimum absolute atomic E-state index is 0.0184. The Balaban J connectivity index is 2.23. The summed E-state index contributed by atoms with van der Waals surface area (Å²) in [6, 6.07) is 1.28. The number of nitro benzene ring substituents is 1. The number of benzene rings is 1. The first-order valence-electron chi connectivity index (χ1n) is 6.21. The molecule has 1 aliphatic rings. The highest BCUT2D eigenvalue weighted by Crippen LogP contribution is 2.41. The summed E-state index contributed by atoms with van der Waals surface area (Å²) in [5, 5.41) is 27.8. The highest BCUT2D eigenvalue weighted by Gasteiger charge is 2.32. The number of nitrogens with zero attached hydrogens (tertiary/aromatic N) is 4. The molecular weight excluding hydrogens is 286 g/mol. The zero-order chi connectivity index (χ0) is 15.1. The third-order valence-corrected chi connectivity index (χ3v) is 3.30. The molecule has 3 rings (SSSR count). The molecule has 1 fully saturated rings. The third-order valence-electron chi connectivity index (χ3n) is 3.30. The van der Waals surface area contributed by atoms with Crippen molar-refractivity contribution >= 4 is 5.69 Å². The van der Waals surface area contributed by atoms with Gasteiger partial charge in [0.1, 0.15) is 12.2 Å². The van der Waals surface area contributed by atoms with Gasteiger partial charge in [0.25, 0.3) is 5.69 Å². The third kappa shape index (κ3) is 2.25. The largest absolute Gasteiger partial charge is 0.388 e. The van der Waals surface area contributed by atoms with Gasteiger partial charge in [-0.1, -0.05) is 0 Å². The Bertz CT molecular complexity index is 728. The Morgan fingerprint density at radius 2 is 2.00 bits per heavy atom. The molecular formula is C12H10F2N4O3. The normalized spacial score (nSPS) is 14.4. The topological polar surface area (TPSA) is 94.1 Å². The second kappa shape index (κ2) is 4.85. The maximum atomic E-state index is 13.4. The Kier molecular flexibility index (Phi) is 3.13. The molecule has 1 heterocycles. The SMILES string of the molecule is O=[N+]([O-])c1cc(F)c(F)cc1-c1nnc(CO)n1C1CC1. The summed E-state index contributed by atoms with van der Waals surface area (Å²) in [7, 11) is 0. The highest BCUT2D eigenvalue weighted by molar-refractivity contribution is 5.68. The summed E-state index contributed by atoms with van der Waals surface area (Å²) >= 11 is 0. The van der Waals surface area contributed by atoms with E-state index < -0.39 is 22.2 Å². The molecule has 0 aliphatic heterocycles. The van der Waals surface area contributed by atoms with E-state index >= 15 is 0 Å². The fourth-order valence-corrected chi connectivity index (χ4v) is 2.20. The van der Waals surface area contributed by atoms with Gasteiger partial charge in [0.2, 0.25) is 0 Å². The molecule has 0 amide bonds. The molecule has 1 aliphatic carbocycles. The van der Waals surface area contributed by atoms with Crippen molar-refractivity contribution < 1.29 is 18.8 Å². The zero-order valence-electron chi connectivity index (χ0n) is 10.7. The number of hydrogen-bond acceptors (Lipinski definition) is 5. The molecule has 0 atom stereocenters. The van der Waals surface area contributed by atoms with Gasteiger partial charge in [0.05, 0.1) is 11.0 Å². The van der Waals surface area contributed by atoms with E-state index in [1.54, 1.807) is 4.57 Å². The first-order chi connectivity index (χ1) is 10.0. The molecule has 1 saturated carbocycles. The van der Waals surface area contributed by atoms with Crippen LogP contribution in [0.5, 0.6) is 0 Å². The summed E-state index contributed by atoms with van der Waals surface area (Å²) in [5.41, 5.74) is -0.745. The molecule has 0 unspecified atom stereocenters. The standard InChI is InChI=1S/C12H10F2N4O3/c13-8-3-7(10(18(20)21)4-9(8)14)12-16-15-11(5-19)17(12)6-1-2-6/h3-4,6,19H,1-2,5H2. The summed E-state index contributed by atoms with van der Waals surface area (Å²) in [4.78, 5) is 10.2. The molecule has 0 bridgehead atoms. The van der Waals surface area contributed by atoms with Crippen LogP contribution in [0.3, 0.4) is 0 Å². The number of rotatable bonds is 4. The molecule has 1 N–H and O–H groups in total. The highest BCUT2D eigenvalue weighted by atomic mass is 19.2. The van der Waals surface area contributed by atoms with Gasteiger partial charge in [-0.25, -0.2) is 8.78 Å². The van der Waals surface area contributed by atoms with Crippen molar-refractivity contribution in [1.82, 2.24) is 14.8 Å². The van der Waals surface area contributed by atoms with Gasteiger partial charge in [0.15, 0.2) is 23.3 Å². The fraction of sp³-hybridized carbons (Fsp3) is 0.333. The maximum absolute atomic E-state index is 13.4. The lowest BCUT2D eigenvalue weighted by atomic mass is 10.1. The van der Waals surface area contributed by atoms with Crippen molar-refractivity contribution in [2.75, 3.05) is 0 Å². The molecule has 1 aromatic heterocycles. The van der Waals surface area contributed by atoms with Crippen molar-refractivity contribution in [3.8, 4) is 11.4 Å². The Morgan fingerprint density at radius 1 is 1.33 bits per heavy atom. The van der Waals surface area contributed by atoms with Gasteiger partial charge in [-0.2, -0.15) is 0 Å². The van der Waals surface area contributed by atoms with Crippen LogP contribution in [0.25, 0.3) is 11.4 Å². The van der Waals surface area contributed by atoms with Gasteiger partial charge < -0.3 is 9.67 Å². The van der Waals surface area contributed by atoms with Gasteiger partial charge in [-0.15, -0.1) is 10.2 Å². The lowest BCUT2D eigenvalue weighted by Crippen LogP contribution is -2.05. The zero-order valence-corrected chi connectivity index (χ0v) is 10.7. The van der Waals surface area contributed by atoms with Crippen LogP contribution >= 0.6 is 0 Å². The van der Waals surface area contributed by atoms with Crippen molar-refractivity contribution in [1.29, 1.82) is 0 Å². The lowest BCUT2D eigenvalue weighted by molar-refractivity contribution is -0.384. The van der Waals surface area contributed by atoms with E-state index in [1.807, 2.05) is 0 Å². The van der Waals surface area contributed by atoms with Crippen LogP contribution in [0.15, 0.2) is 12.1 Å². The summed E-state index contributed by atoms with van der Waals surface area (Å²) in [5.74, 6) is -2.20. The number of hydrogen-bond donors (Lipinski definition) is 1. The average molecular weight is 296 g/mol. The van der Waals surface area contributed by atoms with Gasteiger partial charge in [-0.05, 0) is 18.9 Å². The quantitative estimate of drug-likeness (QED) is 0.687. The van der Waals surface area contributed by atoms with Crippen LogP contribution in [0.4, 0.5) is 14.5 Å². The summed E-state index contributed by atoms with van der Waals surface area (Å²) in [6.45, 7) is -0.388. The van der Waals surface area contributed by atoms with E-state index in [0.29, 0.717) is 6.07 Å². The monoisotopic (exact) mass is 296 g/mol. The average Bonchev–Trinajstić information content (AvgIpc) is 3.20. The van der Waals surface area contributed by atoms with Crippen molar-refractivity contribution in [3.05, 3.63) is 39.7 Å². The van der Waals surface area contributed by atoms with Gasteiger partial charge >= 0.3 is 0 Å². The van der Waals surface area contributed by atoms with E-state index in [0.717, 1.165) is 18.9 Å². The number of aliphatic hydroxyl groups is 1. The molecule has 7 nitrogen and oxygen atoms in total. The number of aliphatic hydroxyl groups excluding tert-OH is 1. The van der Waals surface area contributed by atoms with E-state index in [1.165, 1.54) is 0 Å². The van der Waals surface area contributed by atoms with Crippen molar-refractivity contribution in [2.24, 2.45) is 0 Å². The second-order valence-electron chi connectivity index (χ2n) is 4.74. The van der Waals surface area contributed by atoms with E-state index in [-0.39, 0.29) is 29.9 Å². The smallest absolute Gasteiger partial charge is 0.283 e. The summed E-state index contributed by atoms with van der Waals surface area (Å²) in [6.07, 6.45) is 1.63. The molecule has 0 saturated heterocycles. The van der Waals surface area contributed by atoms with Crippen LogP contribution in [-0.4, -0.2) is 24.8 Å². The molecule has 2 aromatic rings. The number of halogens is 2. The Hall–Kier alpha value is -2.42. The second-order valence-corrected chi connectivity index (χ2v) is 4.74. The minimum atomic E-state index is -1.30. The Labute approximate surface area is 117 Å². The van der Waals surface area contributed by atoms with E-state index in [2.05, 4.69) is 10.2 Å². The molecule has 1 aromatic carbocycles. The molecule has 21 heavy (non-hydrogen) atoms. The minimum Gasteiger partial charge on any atom is -0.388 e. The van der Waals surface area contributed by atoms with Crippen LogP contribution in [-0.2, 0) is 6.61 Å². The molecule has 0 spiro atoms. The van der Waals surface area contributed by atoms with Crippen LogP contribution in [0, 0.1) is 21.7 Å². The first kappa shape index (κ1) is 13.6. The van der Waals surface area contributed by atoms with Crippen LogP contribution in [0.1, 0.15) is 24.7 Å². The van der Waals surface area contributed by atoms with E-state index in [9.17, 15) is 24.0 Å². The summed E-state index contributed by atoms with van der Waals surface area (Å²) < 4.78 is 28.2. The van der Waals surface area contributed by atoms with Crippen LogP contribution < -0.4 is 0 Å². The predicted molar refractivity (Wildman–Crippen MR) is 66.2 cm³/mol. The van der Waals surface area contributed by atoms with Crippen molar-refractivity contribution in [3.63, 3.8) is 0 Å². The first-order valence-corrected chi connectivity index (χ1v) is 6.21. The van der Waals surface area contributed by atoms with Gasteiger partial charge in [0, 0.05) is 6.04 Å². The molecule has 9 heteroatoms. The van der Waals surface area contributed by atoms with E-state index in [4.69, 9.17) is 0 Å². The lowest BCUT2D eigenvalue weighted by Gasteiger charge is -2.08. The molecule has 110 valence electrons. The maximum Gasteiger partial charge on any atom is 0.283 e. The number of aromatic nitrogens is 3.